The van der Waals surface area contributed by atoms with Gasteiger partial charge in [0.15, 0.2) is 0 Å². The highest BCUT2D eigenvalue weighted by molar-refractivity contribution is 5.76. The molecule has 0 bridgehead atoms. The number of urea groups is 1. The van der Waals surface area contributed by atoms with Gasteiger partial charge < -0.3 is 15.1 Å². The van der Waals surface area contributed by atoms with E-state index in [0.29, 0.717) is 13.1 Å². The Balaban J connectivity index is 1.16. The first-order valence-corrected chi connectivity index (χ1v) is 12.9. The number of nitrogens with zero attached hydrogens (tertiary/aromatic N) is 3. The van der Waals surface area contributed by atoms with Crippen molar-refractivity contribution >= 4 is 11.7 Å². The summed E-state index contributed by atoms with van der Waals surface area (Å²) < 4.78 is 0. The number of carbonyl (C=O) groups is 1. The second kappa shape index (κ2) is 10.1. The van der Waals surface area contributed by atoms with Gasteiger partial charge in [0.1, 0.15) is 6.17 Å². The van der Waals surface area contributed by atoms with Crippen LogP contribution in [0.4, 0.5) is 10.5 Å². The molecule has 4 aromatic rings. The summed E-state index contributed by atoms with van der Waals surface area (Å²) in [4.78, 5) is 19.9. The summed E-state index contributed by atoms with van der Waals surface area (Å²) in [7, 11) is 2.15. The number of anilines is 1. The summed E-state index contributed by atoms with van der Waals surface area (Å²) in [5.41, 5.74) is 8.58. The zero-order valence-electron chi connectivity index (χ0n) is 21.2. The van der Waals surface area contributed by atoms with Crippen molar-refractivity contribution in [2.45, 2.75) is 38.9 Å². The van der Waals surface area contributed by atoms with Crippen LogP contribution < -0.4 is 10.2 Å². The summed E-state index contributed by atoms with van der Waals surface area (Å²) in [5.74, 6) is 0. The van der Waals surface area contributed by atoms with Crippen molar-refractivity contribution in [2.75, 3.05) is 11.9 Å². The molecule has 1 N–H and O–H groups in total. The highest BCUT2D eigenvalue weighted by Crippen LogP contribution is 2.36. The molecule has 1 atom stereocenters. The van der Waals surface area contributed by atoms with Crippen molar-refractivity contribution in [3.8, 4) is 0 Å². The number of hydrogen-bond donors (Lipinski definition) is 1. The van der Waals surface area contributed by atoms with Crippen LogP contribution in [0.1, 0.15) is 39.5 Å². The molecule has 2 amide bonds. The van der Waals surface area contributed by atoms with Crippen molar-refractivity contribution in [3.05, 3.63) is 137 Å². The van der Waals surface area contributed by atoms with Gasteiger partial charge in [-0.1, -0.05) is 91.0 Å². The Kier molecular flexibility index (Phi) is 6.37. The molecule has 0 aliphatic carbocycles. The Morgan fingerprint density at radius 1 is 0.730 bits per heavy atom. The highest BCUT2D eigenvalue weighted by Gasteiger charge is 2.33. The minimum Gasteiger partial charge on any atom is -0.343 e. The average Bonchev–Trinajstić information content (AvgIpc) is 3.52. The summed E-state index contributed by atoms with van der Waals surface area (Å²) >= 11 is 0. The van der Waals surface area contributed by atoms with Crippen LogP contribution in [0, 0.1) is 0 Å². The molecule has 0 saturated carbocycles. The fourth-order valence-electron chi connectivity index (χ4n) is 5.52. The first-order valence-electron chi connectivity index (χ1n) is 12.9. The SMILES string of the molecule is CN(Cc1ccccc1)Cc1ccc(N2Cc3ccccc3C2NC(=O)N2Cc3ccccc3C2)cc1. The van der Waals surface area contributed by atoms with Gasteiger partial charge in [0.25, 0.3) is 0 Å². The van der Waals surface area contributed by atoms with E-state index >= 15 is 0 Å². The predicted octanol–water partition coefficient (Wildman–Crippen LogP) is 6.06. The molecule has 2 aliphatic heterocycles. The van der Waals surface area contributed by atoms with Crippen LogP contribution in [0.25, 0.3) is 0 Å². The molecule has 2 heterocycles. The summed E-state index contributed by atoms with van der Waals surface area (Å²) in [6.45, 7) is 3.88. The van der Waals surface area contributed by atoms with E-state index in [-0.39, 0.29) is 12.2 Å². The molecule has 5 nitrogen and oxygen atoms in total. The van der Waals surface area contributed by atoms with E-state index in [1.165, 1.54) is 33.4 Å². The van der Waals surface area contributed by atoms with E-state index in [9.17, 15) is 4.79 Å². The molecule has 0 radical (unpaired) electrons. The Morgan fingerprint density at radius 2 is 1.30 bits per heavy atom. The first-order chi connectivity index (χ1) is 18.1. The minimum absolute atomic E-state index is 0.0259. The van der Waals surface area contributed by atoms with Gasteiger partial charge in [-0.2, -0.15) is 0 Å². The second-order valence-electron chi connectivity index (χ2n) is 10.1. The van der Waals surface area contributed by atoms with E-state index in [0.717, 1.165) is 25.3 Å². The maximum absolute atomic E-state index is 13.4. The van der Waals surface area contributed by atoms with E-state index in [1.54, 1.807) is 0 Å². The Morgan fingerprint density at radius 3 is 1.97 bits per heavy atom. The third kappa shape index (κ3) is 4.95. The molecule has 186 valence electrons. The number of rotatable bonds is 6. The number of amides is 2. The van der Waals surface area contributed by atoms with Crippen LogP contribution in [0.5, 0.6) is 0 Å². The number of fused-ring (bicyclic) bond motifs is 2. The molecule has 1 unspecified atom stereocenters. The average molecular weight is 489 g/mol. The van der Waals surface area contributed by atoms with Crippen LogP contribution in [0.15, 0.2) is 103 Å². The van der Waals surface area contributed by atoms with E-state index < -0.39 is 0 Å². The maximum atomic E-state index is 13.4. The Hall–Kier alpha value is -4.09. The largest absolute Gasteiger partial charge is 0.343 e. The normalized spacial score (nSPS) is 16.1. The second-order valence-corrected chi connectivity index (χ2v) is 10.1. The smallest absolute Gasteiger partial charge is 0.319 e. The van der Waals surface area contributed by atoms with Crippen LogP contribution in [-0.2, 0) is 32.7 Å². The third-order valence-corrected chi connectivity index (χ3v) is 7.41. The molecule has 0 saturated heterocycles. The number of benzene rings is 4. The van der Waals surface area contributed by atoms with E-state index in [1.807, 2.05) is 17.0 Å². The van der Waals surface area contributed by atoms with Gasteiger partial charge in [0.05, 0.1) is 0 Å². The summed E-state index contributed by atoms with van der Waals surface area (Å²) in [6.07, 6.45) is -0.195. The van der Waals surface area contributed by atoms with Gasteiger partial charge in [-0.15, -0.1) is 0 Å². The zero-order chi connectivity index (χ0) is 25.2. The number of hydrogen-bond acceptors (Lipinski definition) is 3. The van der Waals surface area contributed by atoms with Crippen molar-refractivity contribution < 1.29 is 4.79 Å². The molecule has 0 aromatic heterocycles. The number of carbonyl (C=O) groups excluding carboxylic acids is 1. The fourth-order valence-corrected chi connectivity index (χ4v) is 5.52. The Bertz CT molecular complexity index is 1360. The molecule has 2 aliphatic rings. The van der Waals surface area contributed by atoms with Crippen molar-refractivity contribution in [1.82, 2.24) is 15.1 Å². The molecule has 5 heteroatoms. The molecule has 37 heavy (non-hydrogen) atoms. The standard InChI is InChI=1S/C32H32N4O/c1-34(19-24-9-3-2-4-10-24)20-25-15-17-29(18-16-25)36-23-28-13-7-8-14-30(28)31(36)33-32(37)35-21-26-11-5-6-12-27(26)22-35/h2-18,31H,19-23H2,1H3,(H,33,37). The van der Waals surface area contributed by atoms with Crippen LogP contribution in [0.3, 0.4) is 0 Å². The van der Waals surface area contributed by atoms with Gasteiger partial charge in [0, 0.05) is 38.4 Å². The molecule has 0 spiro atoms. The van der Waals surface area contributed by atoms with Crippen molar-refractivity contribution in [1.29, 1.82) is 0 Å². The minimum atomic E-state index is -0.195. The monoisotopic (exact) mass is 488 g/mol. The molecular weight excluding hydrogens is 456 g/mol. The Labute approximate surface area is 219 Å². The lowest BCUT2D eigenvalue weighted by atomic mass is 10.1. The summed E-state index contributed by atoms with van der Waals surface area (Å²) in [5, 5.41) is 3.34. The zero-order valence-corrected chi connectivity index (χ0v) is 21.2. The summed E-state index contributed by atoms with van der Waals surface area (Å²) in [6, 6.07) is 36.0. The fraction of sp³-hybridized carbons (Fsp3) is 0.219. The lowest BCUT2D eigenvalue weighted by Gasteiger charge is -2.30. The predicted molar refractivity (Wildman–Crippen MR) is 148 cm³/mol. The van der Waals surface area contributed by atoms with Gasteiger partial charge in [-0.3, -0.25) is 4.90 Å². The topological polar surface area (TPSA) is 38.8 Å². The van der Waals surface area contributed by atoms with Gasteiger partial charge in [-0.25, -0.2) is 4.79 Å². The molecular formula is C32H32N4O. The number of nitrogens with one attached hydrogen (secondary N) is 1. The van der Waals surface area contributed by atoms with Crippen LogP contribution in [0.2, 0.25) is 0 Å². The van der Waals surface area contributed by atoms with E-state index in [2.05, 4.69) is 113 Å². The quantitative estimate of drug-likeness (QED) is 0.358. The van der Waals surface area contributed by atoms with E-state index in [4.69, 9.17) is 0 Å². The first kappa shape index (κ1) is 23.3. The van der Waals surface area contributed by atoms with Crippen molar-refractivity contribution in [2.24, 2.45) is 0 Å². The van der Waals surface area contributed by atoms with Crippen molar-refractivity contribution in [3.63, 3.8) is 0 Å². The molecule has 0 fully saturated rings. The van der Waals surface area contributed by atoms with Gasteiger partial charge in [-0.05, 0) is 52.6 Å². The maximum Gasteiger partial charge on any atom is 0.319 e. The lowest BCUT2D eigenvalue weighted by molar-refractivity contribution is 0.194. The van der Waals surface area contributed by atoms with Crippen LogP contribution in [-0.4, -0.2) is 22.9 Å². The lowest BCUT2D eigenvalue weighted by Crippen LogP contribution is -2.43. The highest BCUT2D eigenvalue weighted by atomic mass is 16.2. The van der Waals surface area contributed by atoms with Gasteiger partial charge >= 0.3 is 6.03 Å². The molecule has 4 aromatic carbocycles. The molecule has 6 rings (SSSR count). The van der Waals surface area contributed by atoms with Gasteiger partial charge in [0.2, 0.25) is 0 Å². The van der Waals surface area contributed by atoms with Crippen LogP contribution >= 0.6 is 0 Å². The third-order valence-electron chi connectivity index (χ3n) is 7.41.